The Hall–Kier alpha value is -3.90. The summed E-state index contributed by atoms with van der Waals surface area (Å²) in [5, 5.41) is 2.90. The van der Waals surface area contributed by atoms with Crippen molar-refractivity contribution in [1.29, 1.82) is 0 Å². The SMILES string of the molecule is COc1c(NC(=O)c2ccc(C)c(Oc3ccnc(N(C)C4CCN(C)CC4)n3)c2)cc(C(C)(C)C)cc1NS(C)(=O)=O. The fourth-order valence-corrected chi connectivity index (χ4v) is 5.46. The van der Waals surface area contributed by atoms with Crippen LogP contribution in [-0.2, 0) is 15.4 Å². The molecule has 1 saturated heterocycles. The number of benzene rings is 2. The summed E-state index contributed by atoms with van der Waals surface area (Å²) in [6.45, 7) is 9.94. The summed E-state index contributed by atoms with van der Waals surface area (Å²) in [4.78, 5) is 27.0. The first-order chi connectivity index (χ1) is 20.1. The number of hydrogen-bond donors (Lipinski definition) is 2. The van der Waals surface area contributed by atoms with Gasteiger partial charge in [-0.25, -0.2) is 13.4 Å². The third kappa shape index (κ3) is 8.14. The van der Waals surface area contributed by atoms with E-state index in [1.807, 2.05) is 34.7 Å². The highest BCUT2D eigenvalue weighted by Gasteiger charge is 2.24. The van der Waals surface area contributed by atoms with E-state index < -0.39 is 15.9 Å². The molecule has 0 bridgehead atoms. The number of hydrogen-bond acceptors (Lipinski definition) is 9. The van der Waals surface area contributed by atoms with Gasteiger partial charge < -0.3 is 24.6 Å². The van der Waals surface area contributed by atoms with Crippen molar-refractivity contribution < 1.29 is 22.7 Å². The number of methoxy groups -OCH3 is 1. The van der Waals surface area contributed by atoms with E-state index in [2.05, 4.69) is 36.9 Å². The molecule has 43 heavy (non-hydrogen) atoms. The van der Waals surface area contributed by atoms with E-state index in [1.165, 1.54) is 7.11 Å². The molecule has 2 aromatic carbocycles. The molecule has 0 atom stereocenters. The van der Waals surface area contributed by atoms with Crippen molar-refractivity contribution in [2.75, 3.05) is 55.5 Å². The summed E-state index contributed by atoms with van der Waals surface area (Å²) >= 11 is 0. The van der Waals surface area contributed by atoms with E-state index in [0.717, 1.165) is 43.3 Å². The normalized spacial score (nSPS) is 14.7. The van der Waals surface area contributed by atoms with E-state index in [9.17, 15) is 13.2 Å². The minimum Gasteiger partial charge on any atom is -0.492 e. The first kappa shape index (κ1) is 32.0. The van der Waals surface area contributed by atoms with Crippen molar-refractivity contribution in [3.05, 3.63) is 59.3 Å². The highest BCUT2D eigenvalue weighted by Crippen LogP contribution is 2.39. The van der Waals surface area contributed by atoms with Gasteiger partial charge in [0.1, 0.15) is 5.75 Å². The molecule has 12 heteroatoms. The Bertz CT molecular complexity index is 1580. The molecule has 1 aliphatic rings. The Balaban J connectivity index is 1.59. The summed E-state index contributed by atoms with van der Waals surface area (Å²) in [7, 11) is 1.96. The molecule has 0 spiro atoms. The lowest BCUT2D eigenvalue weighted by Gasteiger charge is -2.35. The van der Waals surface area contributed by atoms with Crippen molar-refractivity contribution in [1.82, 2.24) is 14.9 Å². The molecule has 11 nitrogen and oxygen atoms in total. The zero-order valence-electron chi connectivity index (χ0n) is 26.2. The molecule has 2 heterocycles. The molecule has 0 saturated carbocycles. The standard InChI is InChI=1S/C31H42N6O5S/c1-20-9-10-21(17-26(20)42-27-11-14-32-30(34-27)37(6)23-12-15-36(5)16-13-23)29(38)33-24-18-22(31(2,3)4)19-25(28(24)41-7)35-43(8,39)40/h9-11,14,17-19,23,35H,12-13,15-16H2,1-8H3,(H,33,38). The second kappa shape index (κ2) is 12.8. The Labute approximate surface area is 254 Å². The number of carbonyl (C=O) groups excluding carboxylic acids is 1. The van der Waals surface area contributed by atoms with E-state index >= 15 is 0 Å². The number of aromatic nitrogens is 2. The number of carbonyl (C=O) groups is 1. The van der Waals surface area contributed by atoms with Crippen LogP contribution in [0.2, 0.25) is 0 Å². The smallest absolute Gasteiger partial charge is 0.255 e. The van der Waals surface area contributed by atoms with Crippen LogP contribution < -0.4 is 24.4 Å². The van der Waals surface area contributed by atoms with E-state index in [0.29, 0.717) is 34.9 Å². The minimum absolute atomic E-state index is 0.206. The average Bonchev–Trinajstić information content (AvgIpc) is 2.93. The second-order valence-corrected chi connectivity index (χ2v) is 13.9. The van der Waals surface area contributed by atoms with E-state index in [-0.39, 0.29) is 16.9 Å². The minimum atomic E-state index is -3.60. The van der Waals surface area contributed by atoms with Crippen LogP contribution in [0.15, 0.2) is 42.6 Å². The molecule has 4 rings (SSSR count). The van der Waals surface area contributed by atoms with Crippen molar-refractivity contribution in [2.45, 2.75) is 52.0 Å². The molecular formula is C31H42N6O5S. The molecule has 0 unspecified atom stereocenters. The van der Waals surface area contributed by atoms with Gasteiger partial charge in [-0.2, -0.15) is 4.98 Å². The molecule has 0 aliphatic carbocycles. The number of rotatable bonds is 9. The Morgan fingerprint density at radius 2 is 1.77 bits per heavy atom. The van der Waals surface area contributed by atoms with Crippen molar-refractivity contribution in [2.24, 2.45) is 0 Å². The van der Waals surface area contributed by atoms with Gasteiger partial charge in [0.2, 0.25) is 21.9 Å². The van der Waals surface area contributed by atoms with Gasteiger partial charge in [0, 0.05) is 30.9 Å². The molecule has 2 N–H and O–H groups in total. The highest BCUT2D eigenvalue weighted by molar-refractivity contribution is 7.92. The average molecular weight is 611 g/mol. The topological polar surface area (TPSA) is 126 Å². The molecule has 1 amide bonds. The van der Waals surface area contributed by atoms with Crippen LogP contribution in [0.3, 0.4) is 0 Å². The van der Waals surface area contributed by atoms with Crippen LogP contribution in [-0.4, -0.2) is 75.8 Å². The third-order valence-electron chi connectivity index (χ3n) is 7.54. The van der Waals surface area contributed by atoms with E-state index in [4.69, 9.17) is 9.47 Å². The van der Waals surface area contributed by atoms with Crippen molar-refractivity contribution in [3.8, 4) is 17.4 Å². The predicted octanol–water partition coefficient (Wildman–Crippen LogP) is 5.04. The van der Waals surface area contributed by atoms with Gasteiger partial charge in [0.05, 0.1) is 24.7 Å². The Kier molecular flexibility index (Phi) is 9.50. The second-order valence-electron chi connectivity index (χ2n) is 12.1. The fraction of sp³-hybridized carbons (Fsp3) is 0.452. The van der Waals surface area contributed by atoms with Crippen LogP contribution in [0.25, 0.3) is 0 Å². The van der Waals surface area contributed by atoms with Gasteiger partial charge in [-0.05, 0) is 80.7 Å². The lowest BCUT2D eigenvalue weighted by atomic mass is 9.86. The molecule has 0 radical (unpaired) electrons. The summed E-state index contributed by atoms with van der Waals surface area (Å²) in [6.07, 6.45) is 4.81. The lowest BCUT2D eigenvalue weighted by Crippen LogP contribution is -2.42. The summed E-state index contributed by atoms with van der Waals surface area (Å²) < 4.78 is 38.4. The van der Waals surface area contributed by atoms with Gasteiger partial charge in [0.25, 0.3) is 5.91 Å². The largest absolute Gasteiger partial charge is 0.492 e. The number of sulfonamides is 1. The Morgan fingerprint density at radius 3 is 2.40 bits per heavy atom. The maximum atomic E-state index is 13.5. The summed E-state index contributed by atoms with van der Waals surface area (Å²) in [5.74, 6) is 1.24. The molecule has 3 aromatic rings. The maximum Gasteiger partial charge on any atom is 0.255 e. The summed E-state index contributed by atoms with van der Waals surface area (Å²) in [6, 6.07) is 10.7. The van der Waals surface area contributed by atoms with Gasteiger partial charge >= 0.3 is 0 Å². The van der Waals surface area contributed by atoms with Gasteiger partial charge in [-0.15, -0.1) is 0 Å². The van der Waals surface area contributed by atoms with E-state index in [1.54, 1.807) is 42.6 Å². The summed E-state index contributed by atoms with van der Waals surface area (Å²) in [5.41, 5.74) is 2.23. The number of piperidine rings is 1. The van der Waals surface area contributed by atoms with Gasteiger partial charge in [-0.3, -0.25) is 9.52 Å². The van der Waals surface area contributed by atoms with Crippen molar-refractivity contribution in [3.63, 3.8) is 0 Å². The monoisotopic (exact) mass is 610 g/mol. The number of likely N-dealkylation sites (tertiary alicyclic amines) is 1. The van der Waals surface area contributed by atoms with Crippen LogP contribution in [0.5, 0.6) is 17.4 Å². The first-order valence-electron chi connectivity index (χ1n) is 14.2. The quantitative estimate of drug-likeness (QED) is 0.343. The predicted molar refractivity (Wildman–Crippen MR) is 170 cm³/mol. The molecular weight excluding hydrogens is 568 g/mol. The number of amides is 1. The number of ether oxygens (including phenoxy) is 2. The molecule has 1 aliphatic heterocycles. The van der Waals surface area contributed by atoms with Crippen LogP contribution in [0.1, 0.15) is 55.1 Å². The third-order valence-corrected chi connectivity index (χ3v) is 8.13. The van der Waals surface area contributed by atoms with Gasteiger partial charge in [-0.1, -0.05) is 26.8 Å². The molecule has 1 aromatic heterocycles. The molecule has 1 fully saturated rings. The van der Waals surface area contributed by atoms with Crippen LogP contribution in [0.4, 0.5) is 17.3 Å². The highest BCUT2D eigenvalue weighted by atomic mass is 32.2. The number of anilines is 3. The van der Waals surface area contributed by atoms with Crippen LogP contribution in [0, 0.1) is 6.92 Å². The van der Waals surface area contributed by atoms with Gasteiger partial charge in [0.15, 0.2) is 5.75 Å². The number of aryl methyl sites for hydroxylation is 1. The number of nitrogens with zero attached hydrogens (tertiary/aromatic N) is 4. The van der Waals surface area contributed by atoms with Crippen LogP contribution >= 0.6 is 0 Å². The lowest BCUT2D eigenvalue weighted by molar-refractivity contribution is 0.102. The maximum absolute atomic E-state index is 13.5. The Morgan fingerprint density at radius 1 is 1.09 bits per heavy atom. The fourth-order valence-electron chi connectivity index (χ4n) is 4.91. The zero-order valence-corrected chi connectivity index (χ0v) is 27.0. The number of nitrogens with one attached hydrogen (secondary N) is 2. The molecule has 232 valence electrons. The first-order valence-corrected chi connectivity index (χ1v) is 16.1. The zero-order chi connectivity index (χ0) is 31.5. The van der Waals surface area contributed by atoms with Crippen molar-refractivity contribution >= 4 is 33.3 Å².